The molecule has 0 atom stereocenters. The Hall–Kier alpha value is -4.83. The van der Waals surface area contributed by atoms with Crippen molar-refractivity contribution in [3.8, 4) is 45.5 Å². The summed E-state index contributed by atoms with van der Waals surface area (Å²) in [6.45, 7) is 0. The van der Waals surface area contributed by atoms with Crippen LogP contribution in [0.25, 0.3) is 39.0 Å². The van der Waals surface area contributed by atoms with E-state index in [2.05, 4.69) is 4.98 Å². The number of aromatic nitrogens is 2. The van der Waals surface area contributed by atoms with Crippen molar-refractivity contribution in [3.63, 3.8) is 0 Å². The fourth-order valence-electron chi connectivity index (χ4n) is 3.92. The van der Waals surface area contributed by atoms with Crippen LogP contribution in [0, 0.1) is 17.1 Å². The molecule has 0 aliphatic carbocycles. The second-order valence-electron chi connectivity index (χ2n) is 7.52. The number of nitrogens with one attached hydrogen (secondary N) is 1. The zero-order chi connectivity index (χ0) is 23.1. The highest BCUT2D eigenvalue weighted by Gasteiger charge is 2.18. The minimum atomic E-state index is -0.451. The fourth-order valence-corrected chi connectivity index (χ4v) is 3.92. The molecule has 0 aliphatic heterocycles. The molecule has 0 unspecified atom stereocenters. The number of nitrogens with zero attached hydrogens (tertiary/aromatic N) is 2. The van der Waals surface area contributed by atoms with Gasteiger partial charge in [0.05, 0.1) is 22.7 Å². The van der Waals surface area contributed by atoms with E-state index in [1.54, 1.807) is 65.4 Å². The van der Waals surface area contributed by atoms with Gasteiger partial charge in [-0.2, -0.15) is 5.26 Å². The summed E-state index contributed by atoms with van der Waals surface area (Å²) >= 11 is 0. The molecule has 6 nitrogen and oxygen atoms in total. The Balaban J connectivity index is 1.63. The van der Waals surface area contributed by atoms with Crippen LogP contribution in [0.3, 0.4) is 0 Å². The number of aromatic amines is 1. The van der Waals surface area contributed by atoms with Crippen molar-refractivity contribution in [3.05, 3.63) is 101 Å². The lowest BCUT2D eigenvalue weighted by molar-refractivity contribution is 0.475. The maximum atomic E-state index is 13.6. The summed E-state index contributed by atoms with van der Waals surface area (Å²) in [5.74, 6) is -0.666. The van der Waals surface area contributed by atoms with E-state index in [1.165, 1.54) is 18.2 Å². The van der Waals surface area contributed by atoms with Gasteiger partial charge in [-0.15, -0.1) is 0 Å². The normalized spacial score (nSPS) is 10.9. The molecule has 0 saturated carbocycles. The van der Waals surface area contributed by atoms with Crippen LogP contribution in [-0.4, -0.2) is 19.8 Å². The Kier molecular flexibility index (Phi) is 4.69. The molecule has 0 bridgehead atoms. The highest BCUT2D eigenvalue weighted by atomic mass is 19.1. The number of hydrogen-bond donors (Lipinski definition) is 3. The summed E-state index contributed by atoms with van der Waals surface area (Å²) in [7, 11) is 0. The van der Waals surface area contributed by atoms with Crippen LogP contribution >= 0.6 is 0 Å². The average molecular weight is 437 g/mol. The maximum absolute atomic E-state index is 13.6. The van der Waals surface area contributed by atoms with Crippen LogP contribution in [0.5, 0.6) is 11.5 Å². The molecular weight excluding hydrogens is 421 g/mol. The zero-order valence-corrected chi connectivity index (χ0v) is 17.1. The molecule has 0 spiro atoms. The average Bonchev–Trinajstić information content (AvgIpc) is 3.25. The Bertz CT molecular complexity index is 1610. The molecule has 0 aliphatic rings. The van der Waals surface area contributed by atoms with Crippen molar-refractivity contribution >= 4 is 11.0 Å². The third-order valence-electron chi connectivity index (χ3n) is 5.54. The first-order valence-electron chi connectivity index (χ1n) is 10.0. The number of hydrogen-bond acceptors (Lipinski definition) is 4. The van der Waals surface area contributed by atoms with Gasteiger partial charge in [-0.3, -0.25) is 4.79 Å². The van der Waals surface area contributed by atoms with Crippen molar-refractivity contribution in [2.24, 2.45) is 0 Å². The summed E-state index contributed by atoms with van der Waals surface area (Å²) < 4.78 is 15.3. The summed E-state index contributed by atoms with van der Waals surface area (Å²) in [4.78, 5) is 15.5. The number of fused-ring (bicyclic) bond motifs is 1. The van der Waals surface area contributed by atoms with E-state index in [-0.39, 0.29) is 17.1 Å². The Labute approximate surface area is 187 Å². The molecule has 0 saturated heterocycles. The van der Waals surface area contributed by atoms with Crippen LogP contribution in [0.15, 0.2) is 83.8 Å². The van der Waals surface area contributed by atoms with E-state index in [0.29, 0.717) is 39.0 Å². The van der Waals surface area contributed by atoms with Gasteiger partial charge in [0, 0.05) is 17.4 Å². The number of benzene rings is 3. The monoisotopic (exact) mass is 437 g/mol. The number of rotatable bonds is 3. The van der Waals surface area contributed by atoms with Crippen molar-refractivity contribution in [1.29, 1.82) is 5.26 Å². The number of halogens is 1. The van der Waals surface area contributed by atoms with E-state index in [0.717, 1.165) is 0 Å². The molecule has 3 N–H and O–H groups in total. The fraction of sp³-hybridized carbons (Fsp3) is 0. The molecular formula is C26H16FN3O3. The van der Waals surface area contributed by atoms with Crippen molar-refractivity contribution < 1.29 is 14.6 Å². The lowest BCUT2D eigenvalue weighted by Crippen LogP contribution is -2.09. The number of H-pyrrole nitrogens is 1. The van der Waals surface area contributed by atoms with E-state index in [4.69, 9.17) is 5.26 Å². The first-order valence-corrected chi connectivity index (χ1v) is 10.0. The molecule has 2 aromatic heterocycles. The van der Waals surface area contributed by atoms with E-state index in [1.807, 2.05) is 6.07 Å². The molecule has 5 aromatic rings. The molecule has 0 radical (unpaired) electrons. The second-order valence-corrected chi connectivity index (χ2v) is 7.52. The molecule has 3 aromatic carbocycles. The van der Waals surface area contributed by atoms with E-state index < -0.39 is 11.4 Å². The number of nitriles is 1. The third-order valence-corrected chi connectivity index (χ3v) is 5.54. The molecule has 0 fully saturated rings. The number of pyridine rings is 1. The number of phenolic OH excluding ortho intramolecular Hbond substituents is 1. The standard InChI is InChI=1S/C26H16FN3O3/c27-18-7-10-22(31)20(13-18)16-5-8-19(9-6-16)30-12-11-21-24(30)25(32)23(26(33)29-21)17-3-1-15(14-28)2-4-17/h1-13,31H,(H2,29,32,33). The van der Waals surface area contributed by atoms with Crippen LogP contribution < -0.4 is 5.56 Å². The van der Waals surface area contributed by atoms with Gasteiger partial charge in [0.25, 0.3) is 5.56 Å². The Morgan fingerprint density at radius 3 is 2.30 bits per heavy atom. The summed E-state index contributed by atoms with van der Waals surface area (Å²) in [5, 5.41) is 30.1. The zero-order valence-electron chi connectivity index (χ0n) is 17.1. The van der Waals surface area contributed by atoms with Gasteiger partial charge in [-0.05, 0) is 59.7 Å². The van der Waals surface area contributed by atoms with Gasteiger partial charge < -0.3 is 19.8 Å². The molecule has 33 heavy (non-hydrogen) atoms. The quantitative estimate of drug-likeness (QED) is 0.367. The van der Waals surface area contributed by atoms with Gasteiger partial charge in [0.15, 0.2) is 5.75 Å². The molecule has 5 rings (SSSR count). The first kappa shape index (κ1) is 20.1. The van der Waals surface area contributed by atoms with Gasteiger partial charge in [0.2, 0.25) is 0 Å². The first-order chi connectivity index (χ1) is 16.0. The van der Waals surface area contributed by atoms with E-state index >= 15 is 0 Å². The smallest absolute Gasteiger partial charge is 0.260 e. The van der Waals surface area contributed by atoms with Crippen molar-refractivity contribution in [1.82, 2.24) is 9.55 Å². The predicted octanol–water partition coefficient (Wildman–Crippen LogP) is 5.07. The molecule has 160 valence electrons. The summed E-state index contributed by atoms with van der Waals surface area (Å²) in [5.41, 5.74) is 3.16. The van der Waals surface area contributed by atoms with Crippen LogP contribution in [0.2, 0.25) is 0 Å². The van der Waals surface area contributed by atoms with Gasteiger partial charge >= 0.3 is 0 Å². The van der Waals surface area contributed by atoms with E-state index in [9.17, 15) is 19.4 Å². The lowest BCUT2D eigenvalue weighted by atomic mass is 10.0. The minimum Gasteiger partial charge on any atom is -0.507 e. The third kappa shape index (κ3) is 3.40. The number of aromatic hydroxyl groups is 2. The van der Waals surface area contributed by atoms with Gasteiger partial charge in [-0.1, -0.05) is 24.3 Å². The summed E-state index contributed by atoms with van der Waals surface area (Å²) in [6.07, 6.45) is 1.72. The summed E-state index contributed by atoms with van der Waals surface area (Å²) in [6, 6.07) is 20.9. The molecule has 7 heteroatoms. The highest BCUT2D eigenvalue weighted by molar-refractivity contribution is 5.91. The SMILES string of the molecule is N#Cc1ccc(-c2c(O)c3c(ccn3-c3ccc(-c4cc(F)ccc4O)cc3)[nH]c2=O)cc1. The predicted molar refractivity (Wildman–Crippen MR) is 123 cm³/mol. The second kappa shape index (κ2) is 7.70. The number of phenols is 1. The van der Waals surface area contributed by atoms with Gasteiger partial charge in [0.1, 0.15) is 17.1 Å². The highest BCUT2D eigenvalue weighted by Crippen LogP contribution is 2.35. The van der Waals surface area contributed by atoms with Gasteiger partial charge in [-0.25, -0.2) is 4.39 Å². The van der Waals surface area contributed by atoms with Crippen LogP contribution in [0.4, 0.5) is 4.39 Å². The van der Waals surface area contributed by atoms with Crippen molar-refractivity contribution in [2.75, 3.05) is 0 Å². The maximum Gasteiger partial charge on any atom is 0.260 e. The molecule has 2 heterocycles. The van der Waals surface area contributed by atoms with Crippen molar-refractivity contribution in [2.45, 2.75) is 0 Å². The minimum absolute atomic E-state index is 0.0298. The molecule has 0 amide bonds. The lowest BCUT2D eigenvalue weighted by Gasteiger charge is -2.11. The van der Waals surface area contributed by atoms with Crippen LogP contribution in [0.1, 0.15) is 5.56 Å². The largest absolute Gasteiger partial charge is 0.507 e. The topological polar surface area (TPSA) is 102 Å². The van der Waals surface area contributed by atoms with Crippen LogP contribution in [-0.2, 0) is 0 Å². The Morgan fingerprint density at radius 2 is 1.61 bits per heavy atom. The Morgan fingerprint density at radius 1 is 0.909 bits per heavy atom.